The fourth-order valence-electron chi connectivity index (χ4n) is 7.60. The van der Waals surface area contributed by atoms with Crippen molar-refractivity contribution in [3.63, 3.8) is 0 Å². The first-order valence-corrected chi connectivity index (χ1v) is 18.3. The van der Waals surface area contributed by atoms with Gasteiger partial charge in [-0.2, -0.15) is 26.3 Å². The van der Waals surface area contributed by atoms with E-state index < -0.39 is 74.8 Å². The average Bonchev–Trinajstić information content (AvgIpc) is 3.57. The summed E-state index contributed by atoms with van der Waals surface area (Å²) in [6, 6.07) is 16.8. The van der Waals surface area contributed by atoms with E-state index in [9.17, 15) is 19.2 Å². The number of benzene rings is 4. The number of anilines is 1. The number of alkyl halides is 6. The van der Waals surface area contributed by atoms with Crippen molar-refractivity contribution >= 4 is 29.3 Å². The number of amides is 4. The van der Waals surface area contributed by atoms with Crippen LogP contribution in [0.3, 0.4) is 0 Å². The zero-order valence-corrected chi connectivity index (χ0v) is 31.6. The van der Waals surface area contributed by atoms with Gasteiger partial charge in [-0.15, -0.1) is 0 Å². The highest BCUT2D eigenvalue weighted by atomic mass is 19.4. The topological polar surface area (TPSA) is 84.0 Å². The molecule has 0 aliphatic carbocycles. The molecule has 0 saturated heterocycles. The number of imide groups is 2. The van der Waals surface area contributed by atoms with Crippen molar-refractivity contribution in [2.75, 3.05) is 4.90 Å². The van der Waals surface area contributed by atoms with Crippen LogP contribution < -0.4 is 9.64 Å². The number of hydrogen-bond acceptors (Lipinski definition) is 5. The van der Waals surface area contributed by atoms with Crippen LogP contribution in [0.2, 0.25) is 0 Å². The minimum Gasteiger partial charge on any atom is -0.457 e. The van der Waals surface area contributed by atoms with Gasteiger partial charge in [0.15, 0.2) is 0 Å². The molecule has 0 N–H and O–H groups in total. The lowest BCUT2D eigenvalue weighted by Crippen LogP contribution is -2.55. The standard InChI is InChI=1S/C43H40F6N2O5/c1-7-39(5,8-2)25-11-17-29(18-12-25)56-30-19-15-28(16-20-30)50-35(52)31-21-13-26(23-33(31)36(50)53)41(42(44,45)46,43(47,48)49)27-14-22-32-34(24-27)38(55)51(37(32)54)40(6,9-3)10-4/h11-24H,7-10H2,1-6H3. The lowest BCUT2D eigenvalue weighted by atomic mass is 9.71. The Hall–Kier alpha value is -5.46. The summed E-state index contributed by atoms with van der Waals surface area (Å²) in [4.78, 5) is 55.5. The Morgan fingerprint density at radius 3 is 1.34 bits per heavy atom. The zero-order valence-electron chi connectivity index (χ0n) is 31.6. The number of halogens is 6. The molecule has 0 radical (unpaired) electrons. The van der Waals surface area contributed by atoms with Crippen LogP contribution in [-0.2, 0) is 10.8 Å². The lowest BCUT2D eigenvalue weighted by molar-refractivity contribution is -0.288. The van der Waals surface area contributed by atoms with Crippen molar-refractivity contribution in [3.05, 3.63) is 124 Å². The molecule has 56 heavy (non-hydrogen) atoms. The Morgan fingerprint density at radius 2 is 0.893 bits per heavy atom. The zero-order chi connectivity index (χ0) is 41.2. The summed E-state index contributed by atoms with van der Waals surface area (Å²) >= 11 is 0. The van der Waals surface area contributed by atoms with Crippen molar-refractivity contribution < 1.29 is 50.3 Å². The van der Waals surface area contributed by atoms with Gasteiger partial charge in [0.1, 0.15) is 11.5 Å². The molecule has 0 bridgehead atoms. The van der Waals surface area contributed by atoms with Gasteiger partial charge in [-0.3, -0.25) is 24.1 Å². The smallest absolute Gasteiger partial charge is 0.411 e. The number of carbonyl (C=O) groups excluding carboxylic acids is 4. The van der Waals surface area contributed by atoms with E-state index in [1.54, 1.807) is 20.8 Å². The Kier molecular flexibility index (Phi) is 10.0. The van der Waals surface area contributed by atoms with Gasteiger partial charge in [-0.05, 0) is 115 Å². The van der Waals surface area contributed by atoms with Gasteiger partial charge in [0.05, 0.1) is 27.9 Å². The number of hydrogen-bond donors (Lipinski definition) is 0. The van der Waals surface area contributed by atoms with Gasteiger partial charge >= 0.3 is 12.4 Å². The third-order valence-electron chi connectivity index (χ3n) is 12.0. The Balaban J connectivity index is 1.35. The summed E-state index contributed by atoms with van der Waals surface area (Å²) in [5.74, 6) is -3.04. The maximum atomic E-state index is 15.3. The SMILES string of the molecule is CCC(C)(CC)c1ccc(Oc2ccc(N3C(=O)c4ccc(C(c5ccc6c(c5)C(=O)N(C(C)(CC)CC)C6=O)(C(F)(F)F)C(F)(F)F)cc4C3=O)cc2)cc1. The molecular formula is C43H40F6N2O5. The first-order valence-electron chi connectivity index (χ1n) is 18.3. The van der Waals surface area contributed by atoms with Crippen molar-refractivity contribution in [3.8, 4) is 11.5 Å². The number of carbonyl (C=O) groups is 4. The first kappa shape index (κ1) is 40.2. The largest absolute Gasteiger partial charge is 0.457 e. The van der Waals surface area contributed by atoms with Gasteiger partial charge in [0, 0.05) is 5.54 Å². The normalized spacial score (nSPS) is 15.1. The Morgan fingerprint density at radius 1 is 0.500 bits per heavy atom. The van der Waals surface area contributed by atoms with E-state index in [-0.39, 0.29) is 16.7 Å². The molecule has 2 aliphatic heterocycles. The molecule has 0 unspecified atom stereocenters. The fraction of sp³-hybridized carbons (Fsp3) is 0.349. The second kappa shape index (κ2) is 13.9. The molecule has 0 fully saturated rings. The first-order chi connectivity index (χ1) is 26.2. The summed E-state index contributed by atoms with van der Waals surface area (Å²) in [6.45, 7) is 11.4. The van der Waals surface area contributed by atoms with Crippen molar-refractivity contribution in [2.24, 2.45) is 0 Å². The van der Waals surface area contributed by atoms with Crippen LogP contribution in [0.4, 0.5) is 32.0 Å². The number of rotatable bonds is 11. The monoisotopic (exact) mass is 778 g/mol. The molecule has 2 aliphatic rings. The lowest BCUT2D eigenvalue weighted by Gasteiger charge is -2.38. The van der Waals surface area contributed by atoms with Gasteiger partial charge in [-0.1, -0.05) is 58.9 Å². The molecule has 13 heteroatoms. The van der Waals surface area contributed by atoms with Gasteiger partial charge < -0.3 is 4.74 Å². The number of ether oxygens (including phenoxy) is 1. The maximum Gasteiger partial charge on any atom is 0.411 e. The quantitative estimate of drug-likeness (QED) is 0.112. The molecule has 4 aromatic carbocycles. The van der Waals surface area contributed by atoms with Gasteiger partial charge in [0.25, 0.3) is 23.6 Å². The van der Waals surface area contributed by atoms with E-state index >= 15 is 26.3 Å². The van der Waals surface area contributed by atoms with E-state index in [0.29, 0.717) is 53.5 Å². The van der Waals surface area contributed by atoms with Crippen LogP contribution in [-0.4, -0.2) is 46.4 Å². The van der Waals surface area contributed by atoms with Crippen LogP contribution in [0.15, 0.2) is 84.9 Å². The average molecular weight is 779 g/mol. The minimum absolute atomic E-state index is 0.00574. The van der Waals surface area contributed by atoms with Crippen LogP contribution in [0.5, 0.6) is 11.5 Å². The predicted octanol–water partition coefficient (Wildman–Crippen LogP) is 10.9. The molecule has 4 aromatic rings. The molecular weight excluding hydrogens is 738 g/mol. The van der Waals surface area contributed by atoms with Crippen LogP contribution in [0, 0.1) is 0 Å². The highest BCUT2D eigenvalue weighted by Gasteiger charge is 2.73. The summed E-state index contributed by atoms with van der Waals surface area (Å²) in [5.41, 5.74) is -9.40. The van der Waals surface area contributed by atoms with Crippen molar-refractivity contribution in [1.82, 2.24) is 4.90 Å². The van der Waals surface area contributed by atoms with E-state index in [1.165, 1.54) is 24.3 Å². The summed E-state index contributed by atoms with van der Waals surface area (Å²) in [5, 5.41) is 0. The Bertz CT molecular complexity index is 2210. The van der Waals surface area contributed by atoms with E-state index in [0.717, 1.165) is 35.4 Å². The summed E-state index contributed by atoms with van der Waals surface area (Å²) < 4.78 is 97.5. The molecule has 0 spiro atoms. The molecule has 6 rings (SSSR count). The van der Waals surface area contributed by atoms with Crippen molar-refractivity contribution in [2.45, 2.75) is 95.9 Å². The number of nitrogens with zero attached hydrogens (tertiary/aromatic N) is 2. The molecule has 0 saturated carbocycles. The Labute approximate surface area is 320 Å². The van der Waals surface area contributed by atoms with Crippen molar-refractivity contribution in [1.29, 1.82) is 0 Å². The molecule has 4 amide bonds. The minimum atomic E-state index is -6.08. The number of fused-ring (bicyclic) bond motifs is 2. The van der Waals surface area contributed by atoms with E-state index in [2.05, 4.69) is 20.8 Å². The maximum absolute atomic E-state index is 15.3. The predicted molar refractivity (Wildman–Crippen MR) is 197 cm³/mol. The second-order valence-electron chi connectivity index (χ2n) is 14.7. The third kappa shape index (κ3) is 6.06. The second-order valence-corrected chi connectivity index (χ2v) is 14.7. The van der Waals surface area contributed by atoms with Crippen LogP contribution >= 0.6 is 0 Å². The van der Waals surface area contributed by atoms with E-state index in [4.69, 9.17) is 4.74 Å². The van der Waals surface area contributed by atoms with E-state index in [1.807, 2.05) is 24.3 Å². The van der Waals surface area contributed by atoms with Gasteiger partial charge in [0.2, 0.25) is 5.41 Å². The molecule has 7 nitrogen and oxygen atoms in total. The molecule has 0 atom stereocenters. The van der Waals surface area contributed by atoms with Crippen LogP contribution in [0.25, 0.3) is 0 Å². The highest BCUT2D eigenvalue weighted by Crippen LogP contribution is 2.57. The third-order valence-corrected chi connectivity index (χ3v) is 12.0. The summed E-state index contributed by atoms with van der Waals surface area (Å²) in [7, 11) is 0. The van der Waals surface area contributed by atoms with Crippen LogP contribution in [0.1, 0.15) is 125 Å². The molecule has 294 valence electrons. The molecule has 0 aromatic heterocycles. The summed E-state index contributed by atoms with van der Waals surface area (Å²) in [6.07, 6.45) is -9.67. The molecule has 2 heterocycles. The highest BCUT2D eigenvalue weighted by molar-refractivity contribution is 6.34. The van der Waals surface area contributed by atoms with Gasteiger partial charge in [-0.25, -0.2) is 4.90 Å². The fourth-order valence-corrected chi connectivity index (χ4v) is 7.60.